The fraction of sp³-hybridized carbons (Fsp3) is 0.974. The van der Waals surface area contributed by atoms with Gasteiger partial charge in [-0.2, -0.15) is 0 Å². The van der Waals surface area contributed by atoms with Crippen molar-refractivity contribution >= 4 is 5.78 Å². The van der Waals surface area contributed by atoms with Crippen LogP contribution in [-0.2, 0) is 14.3 Å². The van der Waals surface area contributed by atoms with Crippen molar-refractivity contribution in [3.63, 3.8) is 0 Å². The highest BCUT2D eigenvalue weighted by Gasteiger charge is 2.47. The third kappa shape index (κ3) is 17.3. The lowest BCUT2D eigenvalue weighted by atomic mass is 9.95. The maximum absolute atomic E-state index is 14.4. The van der Waals surface area contributed by atoms with E-state index in [1.807, 2.05) is 46.4 Å². The van der Waals surface area contributed by atoms with Gasteiger partial charge in [0.2, 0.25) is 0 Å². The van der Waals surface area contributed by atoms with Crippen molar-refractivity contribution < 1.29 is 28.2 Å². The molecular weight excluding hydrogens is 642 g/mol. The topological polar surface area (TPSA) is 75.2 Å². The number of piperidine rings is 2. The summed E-state index contributed by atoms with van der Waals surface area (Å²) in [4.78, 5) is 25.3. The molecule has 0 radical (unpaired) electrons. The Hall–Kier alpha value is -0.830. The number of nitrogens with zero attached hydrogens (tertiary/aromatic N) is 6. The second-order valence-electron chi connectivity index (χ2n) is 15.3. The Labute approximate surface area is 304 Å². The highest BCUT2D eigenvalue weighted by molar-refractivity contribution is 5.82. The van der Waals surface area contributed by atoms with Gasteiger partial charge in [-0.1, -0.05) is 27.7 Å². The van der Waals surface area contributed by atoms with Crippen LogP contribution in [0.2, 0.25) is 0 Å². The van der Waals surface area contributed by atoms with E-state index in [4.69, 9.17) is 14.6 Å². The van der Waals surface area contributed by atoms with Crippen molar-refractivity contribution in [3.05, 3.63) is 0 Å². The average Bonchev–Trinajstić information content (AvgIpc) is 3.07. The van der Waals surface area contributed by atoms with Crippen LogP contribution in [0.5, 0.6) is 0 Å². The van der Waals surface area contributed by atoms with Crippen molar-refractivity contribution in [2.75, 3.05) is 131 Å². The number of β-amino-alcohol motifs (C(OH)–C–C–N with tert-alkyl or cyclic N) is 1. The van der Waals surface area contributed by atoms with Gasteiger partial charge >= 0.3 is 0 Å². The number of hydrogen-bond acceptors (Lipinski definition) is 10. The number of carbonyl (C=O) groups is 1. The number of alkyl halides is 2. The number of ether oxygens (including phenoxy) is 2. The Morgan fingerprint density at radius 2 is 1.16 bits per heavy atom. The van der Waals surface area contributed by atoms with E-state index in [2.05, 4.69) is 33.4 Å². The Balaban J connectivity index is 0.000000331. The lowest BCUT2D eigenvalue weighted by Crippen LogP contribution is -2.62. The summed E-state index contributed by atoms with van der Waals surface area (Å²) >= 11 is 0. The number of aliphatic hydroxyl groups is 1. The largest absolute Gasteiger partial charge is 0.395 e. The van der Waals surface area contributed by atoms with Crippen LogP contribution in [-0.4, -0.2) is 196 Å². The van der Waals surface area contributed by atoms with Crippen LogP contribution in [0.3, 0.4) is 0 Å². The first-order chi connectivity index (χ1) is 23.9. The van der Waals surface area contributed by atoms with Gasteiger partial charge in [0.1, 0.15) is 5.78 Å². The molecule has 4 aliphatic rings. The van der Waals surface area contributed by atoms with E-state index < -0.39 is 12.0 Å². The highest BCUT2D eigenvalue weighted by atomic mass is 19.3. The predicted octanol–water partition coefficient (Wildman–Crippen LogP) is 3.72. The molecule has 296 valence electrons. The molecule has 4 saturated heterocycles. The van der Waals surface area contributed by atoms with Gasteiger partial charge in [-0.25, -0.2) is 8.78 Å². The summed E-state index contributed by atoms with van der Waals surface area (Å²) in [5.41, 5.74) is 0. The molecule has 1 N–H and O–H groups in total. The zero-order valence-electron chi connectivity index (χ0n) is 33.3. The fourth-order valence-electron chi connectivity index (χ4n) is 7.20. The third-order valence-electron chi connectivity index (χ3n) is 10.3. The number of ketones is 1. The molecule has 10 nitrogen and oxygen atoms in total. The molecule has 50 heavy (non-hydrogen) atoms. The SMILES string of the molecule is CC.CC(C)OCCN1CCN(C2CCN(CCO)CC2(F)F)CC1.CC(C)OCCN1CCN(CC2CCN(CC(=O)C(C)C)CC2)CC1. The molecule has 0 amide bonds. The maximum Gasteiger partial charge on any atom is 0.275 e. The number of halogens is 2. The quantitative estimate of drug-likeness (QED) is 0.256. The van der Waals surface area contributed by atoms with Crippen molar-refractivity contribution in [1.29, 1.82) is 0 Å². The zero-order valence-corrected chi connectivity index (χ0v) is 33.3. The maximum atomic E-state index is 14.4. The van der Waals surface area contributed by atoms with Crippen molar-refractivity contribution in [2.45, 2.75) is 98.8 Å². The fourth-order valence-corrected chi connectivity index (χ4v) is 7.20. The molecule has 12 heteroatoms. The monoisotopic (exact) mass is 719 g/mol. The van der Waals surface area contributed by atoms with E-state index in [9.17, 15) is 13.6 Å². The molecule has 0 spiro atoms. The molecular formula is C38H76F2N6O4. The second-order valence-corrected chi connectivity index (χ2v) is 15.3. The van der Waals surface area contributed by atoms with Crippen LogP contribution in [0.25, 0.3) is 0 Å². The van der Waals surface area contributed by atoms with Gasteiger partial charge in [0.05, 0.1) is 51.2 Å². The first-order valence-corrected chi connectivity index (χ1v) is 20.0. The summed E-state index contributed by atoms with van der Waals surface area (Å²) in [5, 5.41) is 8.92. The lowest BCUT2D eigenvalue weighted by molar-refractivity contribution is -0.134. The number of rotatable bonds is 16. The van der Waals surface area contributed by atoms with Crippen LogP contribution in [0.15, 0.2) is 0 Å². The van der Waals surface area contributed by atoms with Gasteiger partial charge in [0.25, 0.3) is 5.92 Å². The average molecular weight is 719 g/mol. The molecule has 0 saturated carbocycles. The van der Waals surface area contributed by atoms with Gasteiger partial charge in [0.15, 0.2) is 0 Å². The Bertz CT molecular complexity index is 877. The van der Waals surface area contributed by atoms with Crippen LogP contribution in [0.4, 0.5) is 8.78 Å². The molecule has 0 aromatic rings. The van der Waals surface area contributed by atoms with E-state index in [-0.39, 0.29) is 25.2 Å². The normalized spacial score (nSPS) is 23.9. The van der Waals surface area contributed by atoms with E-state index in [1.54, 1.807) is 4.90 Å². The first kappa shape index (κ1) is 45.3. The van der Waals surface area contributed by atoms with Gasteiger partial charge in [-0.15, -0.1) is 0 Å². The Kier molecular flexibility index (Phi) is 22.2. The Morgan fingerprint density at radius 1 is 0.680 bits per heavy atom. The Morgan fingerprint density at radius 3 is 1.62 bits per heavy atom. The zero-order chi connectivity index (χ0) is 37.1. The van der Waals surface area contributed by atoms with E-state index in [0.717, 1.165) is 51.8 Å². The molecule has 0 aliphatic carbocycles. The van der Waals surface area contributed by atoms with E-state index in [1.165, 1.54) is 45.6 Å². The number of hydrogen-bond donors (Lipinski definition) is 1. The molecule has 0 bridgehead atoms. The van der Waals surface area contributed by atoms with Crippen molar-refractivity contribution in [3.8, 4) is 0 Å². The highest BCUT2D eigenvalue weighted by Crippen LogP contribution is 2.31. The minimum absolute atomic E-state index is 0.0577. The summed E-state index contributed by atoms with van der Waals surface area (Å²) in [5.74, 6) is -1.34. The molecule has 0 aromatic carbocycles. The number of Topliss-reactive ketones (excluding diaryl/α,β-unsaturated/α-hetero) is 1. The smallest absolute Gasteiger partial charge is 0.275 e. The third-order valence-corrected chi connectivity index (χ3v) is 10.3. The van der Waals surface area contributed by atoms with Gasteiger partial charge in [0, 0.05) is 91.0 Å². The molecule has 0 aromatic heterocycles. The summed E-state index contributed by atoms with van der Waals surface area (Å²) in [6.45, 7) is 32.3. The summed E-state index contributed by atoms with van der Waals surface area (Å²) in [6, 6.07) is -0.661. The van der Waals surface area contributed by atoms with Gasteiger partial charge < -0.3 is 19.5 Å². The van der Waals surface area contributed by atoms with Crippen LogP contribution < -0.4 is 0 Å². The van der Waals surface area contributed by atoms with Crippen LogP contribution >= 0.6 is 0 Å². The summed E-state index contributed by atoms with van der Waals surface area (Å²) in [6.07, 6.45) is 3.53. The molecule has 1 atom stereocenters. The minimum Gasteiger partial charge on any atom is -0.395 e. The number of likely N-dealkylation sites (tertiary alicyclic amines) is 2. The molecule has 4 rings (SSSR count). The molecule has 1 unspecified atom stereocenters. The van der Waals surface area contributed by atoms with E-state index >= 15 is 0 Å². The molecule has 4 aliphatic heterocycles. The van der Waals surface area contributed by atoms with Gasteiger partial charge in [-0.3, -0.25) is 29.3 Å². The molecule has 4 fully saturated rings. The predicted molar refractivity (Wildman–Crippen MR) is 200 cm³/mol. The number of carbonyl (C=O) groups excluding carboxylic acids is 1. The minimum atomic E-state index is -2.70. The molecule has 4 heterocycles. The summed E-state index contributed by atoms with van der Waals surface area (Å²) in [7, 11) is 0. The second kappa shape index (κ2) is 24.5. The van der Waals surface area contributed by atoms with Crippen LogP contribution in [0.1, 0.15) is 74.7 Å². The van der Waals surface area contributed by atoms with E-state index in [0.29, 0.717) is 57.6 Å². The standard InChI is InChI=1S/C20H39N3O2.C16H31F2N3O2.C2H6/c1-17(2)20(24)16-22-7-5-19(6-8-22)15-23-11-9-21(10-12-23)13-14-25-18(3)4;1-14(2)23-12-10-19-5-7-21(8-6-19)15-3-4-20(9-11-22)13-16(15,17)18;1-2/h17-19H,5-16H2,1-4H3;14-15,22H,3-13H2,1-2H3;1-2H3. The van der Waals surface area contributed by atoms with Crippen LogP contribution in [0, 0.1) is 11.8 Å². The summed E-state index contributed by atoms with van der Waals surface area (Å²) < 4.78 is 40.0. The van der Waals surface area contributed by atoms with Crippen molar-refractivity contribution in [1.82, 2.24) is 29.4 Å². The number of aliphatic hydroxyl groups excluding tert-OH is 1. The van der Waals surface area contributed by atoms with Gasteiger partial charge in [-0.05, 0) is 66.0 Å². The first-order valence-electron chi connectivity index (χ1n) is 20.0. The number of piperazine rings is 2. The van der Waals surface area contributed by atoms with Crippen molar-refractivity contribution in [2.24, 2.45) is 11.8 Å². The lowest BCUT2D eigenvalue weighted by Gasteiger charge is -2.46.